The van der Waals surface area contributed by atoms with Gasteiger partial charge < -0.3 is 0 Å². The molecule has 2 saturated carbocycles. The first-order valence-corrected chi connectivity index (χ1v) is 11.5. The molecule has 3 amide bonds. The summed E-state index contributed by atoms with van der Waals surface area (Å²) in [6, 6.07) is 15.5. The molecule has 0 spiro atoms. The largest absolute Gasteiger partial charge is 0.295 e. The van der Waals surface area contributed by atoms with E-state index < -0.39 is 0 Å². The lowest BCUT2D eigenvalue weighted by Gasteiger charge is -2.37. The number of amides is 3. The highest BCUT2D eigenvalue weighted by Gasteiger charge is 2.67. The molecule has 5 aliphatic rings. The van der Waals surface area contributed by atoms with Crippen LogP contribution in [0.1, 0.15) is 34.1 Å². The number of nitrogens with zero attached hydrogens (tertiary/aromatic N) is 2. The summed E-state index contributed by atoms with van der Waals surface area (Å²) in [5, 5.41) is 0. The van der Waals surface area contributed by atoms with E-state index in [1.165, 1.54) is 16.7 Å². The van der Waals surface area contributed by atoms with Gasteiger partial charge in [-0.2, -0.15) is 0 Å². The Morgan fingerprint density at radius 1 is 0.879 bits per heavy atom. The molecule has 2 aromatic carbocycles. The van der Waals surface area contributed by atoms with Crippen LogP contribution in [0, 0.1) is 35.5 Å². The van der Waals surface area contributed by atoms with E-state index in [0.717, 1.165) is 6.42 Å². The van der Waals surface area contributed by atoms with Crippen LogP contribution >= 0.6 is 0 Å². The van der Waals surface area contributed by atoms with Gasteiger partial charge in [0.1, 0.15) is 6.67 Å². The lowest BCUT2D eigenvalue weighted by atomic mass is 9.63. The van der Waals surface area contributed by atoms with Gasteiger partial charge in [-0.25, -0.2) is 0 Å². The number of ketones is 1. The van der Waals surface area contributed by atoms with Gasteiger partial charge >= 0.3 is 0 Å². The monoisotopic (exact) mass is 440 g/mol. The minimum absolute atomic E-state index is 0.120. The summed E-state index contributed by atoms with van der Waals surface area (Å²) in [6.07, 6.45) is 5.38. The van der Waals surface area contributed by atoms with Crippen molar-refractivity contribution in [3.8, 4) is 0 Å². The molecule has 0 unspecified atom stereocenters. The standard InChI is InChI=1S/C27H24N2O4/c1-15(30)17-8-5-9-18(12-17)28(25(31)16-6-3-2-4-7-16)14-29-26(32)23-19-10-11-20(22-13-21(19)22)24(23)27(29)33/h2-12,19-24H,13-14H2,1H3/t19-,20-,21-,22+,23-,24+/m0/s1. The molecule has 4 aliphatic carbocycles. The molecule has 1 saturated heterocycles. The summed E-state index contributed by atoms with van der Waals surface area (Å²) in [6.45, 7) is 1.31. The Balaban J connectivity index is 1.36. The number of Topliss-reactive ketones (excluding diaryl/α,β-unsaturated/α-hetero) is 1. The molecule has 2 aromatic rings. The number of hydrogen-bond donors (Lipinski definition) is 0. The lowest BCUT2D eigenvalue weighted by Crippen LogP contribution is -2.45. The van der Waals surface area contributed by atoms with Crippen LogP contribution in [0.2, 0.25) is 0 Å². The van der Waals surface area contributed by atoms with Crippen LogP contribution in [0.4, 0.5) is 5.69 Å². The number of benzene rings is 2. The van der Waals surface area contributed by atoms with Crippen LogP contribution in [0.25, 0.3) is 0 Å². The van der Waals surface area contributed by atoms with Gasteiger partial charge in [0.05, 0.1) is 11.8 Å². The highest BCUT2D eigenvalue weighted by Crippen LogP contribution is 2.65. The SMILES string of the molecule is CC(=O)c1cccc(N(CN2C(=O)[C@@H]3[C@H]4C=C[C@@H]([C@@H]5C[C@H]45)[C@@H]3C2=O)C(=O)c2ccccc2)c1. The van der Waals surface area contributed by atoms with E-state index in [4.69, 9.17) is 0 Å². The number of hydrogen-bond acceptors (Lipinski definition) is 4. The molecule has 6 nitrogen and oxygen atoms in total. The molecular formula is C27H24N2O4. The number of carbonyl (C=O) groups is 4. The van der Waals surface area contributed by atoms with Gasteiger partial charge in [0.2, 0.25) is 11.8 Å². The molecule has 6 atom stereocenters. The van der Waals surface area contributed by atoms with Crippen LogP contribution in [0.15, 0.2) is 66.7 Å². The smallest absolute Gasteiger partial charge is 0.259 e. The van der Waals surface area contributed by atoms with Crippen molar-refractivity contribution in [2.45, 2.75) is 13.3 Å². The zero-order valence-corrected chi connectivity index (χ0v) is 18.3. The van der Waals surface area contributed by atoms with Gasteiger partial charge in [-0.05, 0) is 61.3 Å². The normalized spacial score (nSPS) is 30.8. The molecule has 7 rings (SSSR count). The Morgan fingerprint density at radius 2 is 1.48 bits per heavy atom. The maximum atomic E-state index is 13.5. The van der Waals surface area contributed by atoms with Crippen LogP contribution in [0.5, 0.6) is 0 Å². The lowest BCUT2D eigenvalue weighted by molar-refractivity contribution is -0.140. The van der Waals surface area contributed by atoms with E-state index >= 15 is 0 Å². The second-order valence-electron chi connectivity index (χ2n) is 9.61. The fourth-order valence-electron chi connectivity index (χ4n) is 6.19. The average molecular weight is 440 g/mol. The van der Waals surface area contributed by atoms with E-state index in [1.54, 1.807) is 48.5 Å². The molecule has 1 heterocycles. The van der Waals surface area contributed by atoms with E-state index in [0.29, 0.717) is 28.7 Å². The van der Waals surface area contributed by atoms with Crippen molar-refractivity contribution in [2.24, 2.45) is 35.5 Å². The highest BCUT2D eigenvalue weighted by atomic mass is 16.2. The summed E-state index contributed by atoms with van der Waals surface area (Å²) in [4.78, 5) is 55.2. The van der Waals surface area contributed by atoms with Crippen molar-refractivity contribution in [1.82, 2.24) is 4.90 Å². The van der Waals surface area contributed by atoms with Gasteiger partial charge in [0, 0.05) is 16.8 Å². The second kappa shape index (κ2) is 7.24. The summed E-state index contributed by atoms with van der Waals surface area (Å²) in [7, 11) is 0. The molecule has 3 fully saturated rings. The number of likely N-dealkylation sites (tertiary alicyclic amines) is 1. The van der Waals surface area contributed by atoms with E-state index in [1.807, 2.05) is 6.07 Å². The Kier molecular flexibility index (Phi) is 4.41. The molecule has 33 heavy (non-hydrogen) atoms. The fraction of sp³-hybridized carbons (Fsp3) is 0.333. The quantitative estimate of drug-likeness (QED) is 0.405. The summed E-state index contributed by atoms with van der Waals surface area (Å²) in [5.74, 6) is -0.120. The molecule has 0 aromatic heterocycles. The average Bonchev–Trinajstić information content (AvgIpc) is 3.62. The van der Waals surface area contributed by atoms with Gasteiger partial charge in [-0.3, -0.25) is 29.0 Å². The highest BCUT2D eigenvalue weighted by molar-refractivity contribution is 6.10. The summed E-state index contributed by atoms with van der Waals surface area (Å²) < 4.78 is 0. The zero-order chi connectivity index (χ0) is 22.9. The molecule has 0 N–H and O–H groups in total. The predicted octanol–water partition coefficient (Wildman–Crippen LogP) is 3.55. The van der Waals surface area contributed by atoms with Crippen LogP contribution in [-0.4, -0.2) is 35.1 Å². The van der Waals surface area contributed by atoms with E-state index in [-0.39, 0.29) is 53.8 Å². The molecule has 6 heteroatoms. The minimum Gasteiger partial charge on any atom is -0.295 e. The maximum Gasteiger partial charge on any atom is 0.259 e. The topological polar surface area (TPSA) is 74.8 Å². The number of rotatable bonds is 5. The van der Waals surface area contributed by atoms with Gasteiger partial charge in [-0.1, -0.05) is 42.5 Å². The van der Waals surface area contributed by atoms with Crippen molar-refractivity contribution in [1.29, 1.82) is 0 Å². The second-order valence-corrected chi connectivity index (χ2v) is 9.61. The zero-order valence-electron chi connectivity index (χ0n) is 18.3. The maximum absolute atomic E-state index is 13.5. The number of anilines is 1. The first kappa shape index (κ1) is 20.1. The van der Waals surface area contributed by atoms with E-state index in [9.17, 15) is 19.2 Å². The Labute approximate surface area is 191 Å². The Morgan fingerprint density at radius 3 is 2.09 bits per heavy atom. The van der Waals surface area contributed by atoms with Crippen molar-refractivity contribution in [3.63, 3.8) is 0 Å². The van der Waals surface area contributed by atoms with E-state index in [2.05, 4.69) is 12.2 Å². The predicted molar refractivity (Wildman–Crippen MR) is 121 cm³/mol. The van der Waals surface area contributed by atoms with Crippen molar-refractivity contribution in [3.05, 3.63) is 77.9 Å². The van der Waals surface area contributed by atoms with Crippen molar-refractivity contribution >= 4 is 29.2 Å². The number of carbonyl (C=O) groups excluding carboxylic acids is 4. The summed E-state index contributed by atoms with van der Waals surface area (Å²) >= 11 is 0. The Hall–Kier alpha value is -3.54. The molecule has 1 aliphatic heterocycles. The van der Waals surface area contributed by atoms with Gasteiger partial charge in [-0.15, -0.1) is 0 Å². The first-order valence-electron chi connectivity index (χ1n) is 11.5. The molecule has 0 radical (unpaired) electrons. The third kappa shape index (κ3) is 3.00. The number of imide groups is 1. The molecule has 2 bridgehead atoms. The summed E-state index contributed by atoms with van der Waals surface area (Å²) in [5.41, 5.74) is 1.40. The third-order valence-corrected chi connectivity index (χ3v) is 7.87. The minimum atomic E-state index is -0.323. The Bertz CT molecular complexity index is 1180. The van der Waals surface area contributed by atoms with Crippen LogP contribution in [0.3, 0.4) is 0 Å². The third-order valence-electron chi connectivity index (χ3n) is 7.87. The van der Waals surface area contributed by atoms with Crippen LogP contribution < -0.4 is 4.90 Å². The first-order chi connectivity index (χ1) is 16.0. The van der Waals surface area contributed by atoms with Crippen molar-refractivity contribution in [2.75, 3.05) is 11.6 Å². The van der Waals surface area contributed by atoms with Crippen LogP contribution in [-0.2, 0) is 9.59 Å². The van der Waals surface area contributed by atoms with Gasteiger partial charge in [0.15, 0.2) is 5.78 Å². The van der Waals surface area contributed by atoms with Crippen molar-refractivity contribution < 1.29 is 19.2 Å². The van der Waals surface area contributed by atoms with Gasteiger partial charge in [0.25, 0.3) is 5.91 Å². The molecular weight excluding hydrogens is 416 g/mol. The fourth-order valence-corrected chi connectivity index (χ4v) is 6.19. The molecule has 166 valence electrons. The number of allylic oxidation sites excluding steroid dienone is 2.